The number of ether oxygens (including phenoxy) is 1. The molecule has 1 aliphatic carbocycles. The van der Waals surface area contributed by atoms with Crippen molar-refractivity contribution < 1.29 is 13.9 Å². The van der Waals surface area contributed by atoms with E-state index in [2.05, 4.69) is 20.2 Å². The first-order chi connectivity index (χ1) is 12.8. The van der Waals surface area contributed by atoms with Crippen LogP contribution in [-0.4, -0.2) is 56.8 Å². The van der Waals surface area contributed by atoms with Crippen molar-refractivity contribution in [3.8, 4) is 0 Å². The highest BCUT2D eigenvalue weighted by Crippen LogP contribution is 2.40. The summed E-state index contributed by atoms with van der Waals surface area (Å²) in [6, 6.07) is 0. The minimum Gasteiger partial charge on any atom is -0.425 e. The predicted octanol–water partition coefficient (Wildman–Crippen LogP) is 1.46. The number of hydrogen-bond donors (Lipinski definition) is 0. The number of carbonyl (C=O) groups is 1. The largest absolute Gasteiger partial charge is 0.425 e. The van der Waals surface area contributed by atoms with Crippen LogP contribution in [0.1, 0.15) is 47.5 Å². The molecule has 8 nitrogen and oxygen atoms in total. The molecular formula is C18H21N5O3. The quantitative estimate of drug-likeness (QED) is 0.819. The van der Waals surface area contributed by atoms with Crippen molar-refractivity contribution in [1.82, 2.24) is 25.1 Å². The van der Waals surface area contributed by atoms with Crippen LogP contribution in [0.3, 0.4) is 0 Å². The van der Waals surface area contributed by atoms with E-state index in [0.29, 0.717) is 55.5 Å². The van der Waals surface area contributed by atoms with Crippen molar-refractivity contribution in [3.63, 3.8) is 0 Å². The Bertz CT molecular complexity index is 791. The molecule has 0 radical (unpaired) electrons. The summed E-state index contributed by atoms with van der Waals surface area (Å²) in [6.07, 6.45) is 8.64. The third-order valence-electron chi connectivity index (χ3n) is 5.65. The SMILES string of the molecule is O=C(c1cnccn1)N1CC[C@@H]2[C@@H](CO[C@H]2Cc2nnc(C3CC3)o2)C1. The van der Waals surface area contributed by atoms with Gasteiger partial charge in [-0.2, -0.15) is 0 Å². The molecule has 3 fully saturated rings. The Hall–Kier alpha value is -2.35. The van der Waals surface area contributed by atoms with Gasteiger partial charge >= 0.3 is 0 Å². The normalized spacial score (nSPS) is 28.2. The van der Waals surface area contributed by atoms with E-state index in [1.54, 1.807) is 12.4 Å². The fourth-order valence-electron chi connectivity index (χ4n) is 4.07. The zero-order chi connectivity index (χ0) is 17.5. The van der Waals surface area contributed by atoms with Gasteiger partial charge < -0.3 is 14.1 Å². The van der Waals surface area contributed by atoms with Gasteiger partial charge in [0.15, 0.2) is 0 Å². The van der Waals surface area contributed by atoms with E-state index >= 15 is 0 Å². The standard InChI is InChI=1S/C18H21N5O3/c24-18(14-8-19-4-5-20-14)23-6-3-13-12(9-23)10-25-15(13)7-16-21-22-17(26-16)11-1-2-11/h4-5,8,11-13,15H,1-3,6-7,9-10H2/t12-,13-,15+/m1/s1. The lowest BCUT2D eigenvalue weighted by atomic mass is 9.83. The molecule has 136 valence electrons. The number of hydrogen-bond acceptors (Lipinski definition) is 7. The van der Waals surface area contributed by atoms with Crippen LogP contribution in [0.2, 0.25) is 0 Å². The van der Waals surface area contributed by atoms with E-state index in [1.807, 2.05) is 4.90 Å². The number of nitrogens with zero attached hydrogens (tertiary/aromatic N) is 5. The van der Waals surface area contributed by atoms with Crippen molar-refractivity contribution in [3.05, 3.63) is 36.1 Å². The number of likely N-dealkylation sites (tertiary alicyclic amines) is 1. The van der Waals surface area contributed by atoms with Crippen molar-refractivity contribution in [2.75, 3.05) is 19.7 Å². The van der Waals surface area contributed by atoms with E-state index in [1.165, 1.54) is 6.20 Å². The Labute approximate surface area is 151 Å². The molecule has 2 aromatic rings. The first-order valence-corrected chi connectivity index (χ1v) is 9.27. The molecule has 4 heterocycles. The Morgan fingerprint density at radius 1 is 1.23 bits per heavy atom. The van der Waals surface area contributed by atoms with Gasteiger partial charge in [-0.25, -0.2) is 4.98 Å². The van der Waals surface area contributed by atoms with Gasteiger partial charge in [0.25, 0.3) is 5.91 Å². The molecule has 1 amide bonds. The monoisotopic (exact) mass is 355 g/mol. The average molecular weight is 355 g/mol. The van der Waals surface area contributed by atoms with Gasteiger partial charge in [0.1, 0.15) is 5.69 Å². The van der Waals surface area contributed by atoms with Gasteiger partial charge in [-0.3, -0.25) is 9.78 Å². The molecule has 0 spiro atoms. The molecule has 5 rings (SSSR count). The van der Waals surface area contributed by atoms with Crippen LogP contribution in [0.4, 0.5) is 0 Å². The Balaban J connectivity index is 1.22. The second-order valence-electron chi connectivity index (χ2n) is 7.44. The zero-order valence-corrected chi connectivity index (χ0v) is 14.5. The molecule has 0 N–H and O–H groups in total. The number of carbonyl (C=O) groups excluding carboxylic acids is 1. The molecule has 1 saturated carbocycles. The van der Waals surface area contributed by atoms with E-state index in [9.17, 15) is 4.79 Å². The fourth-order valence-corrected chi connectivity index (χ4v) is 4.07. The minimum absolute atomic E-state index is 0.0500. The molecule has 0 bridgehead atoms. The van der Waals surface area contributed by atoms with Crippen molar-refractivity contribution >= 4 is 5.91 Å². The summed E-state index contributed by atoms with van der Waals surface area (Å²) in [5.41, 5.74) is 0.403. The van der Waals surface area contributed by atoms with Crippen molar-refractivity contribution in [2.24, 2.45) is 11.8 Å². The molecule has 3 aliphatic rings. The minimum atomic E-state index is -0.0500. The van der Waals surface area contributed by atoms with Crippen LogP contribution >= 0.6 is 0 Å². The highest BCUT2D eigenvalue weighted by Gasteiger charge is 2.43. The smallest absolute Gasteiger partial charge is 0.274 e. The first-order valence-electron chi connectivity index (χ1n) is 9.27. The lowest BCUT2D eigenvalue weighted by molar-refractivity contribution is 0.0598. The van der Waals surface area contributed by atoms with E-state index in [-0.39, 0.29) is 12.0 Å². The third kappa shape index (κ3) is 2.98. The second kappa shape index (κ2) is 6.42. The molecule has 8 heteroatoms. The maximum Gasteiger partial charge on any atom is 0.274 e. The number of rotatable bonds is 4. The summed E-state index contributed by atoms with van der Waals surface area (Å²) >= 11 is 0. The summed E-state index contributed by atoms with van der Waals surface area (Å²) in [5.74, 6) is 2.65. The molecule has 2 saturated heterocycles. The highest BCUT2D eigenvalue weighted by molar-refractivity contribution is 5.92. The van der Waals surface area contributed by atoms with E-state index < -0.39 is 0 Å². The summed E-state index contributed by atoms with van der Waals surface area (Å²) in [7, 11) is 0. The lowest BCUT2D eigenvalue weighted by Crippen LogP contribution is -2.45. The van der Waals surface area contributed by atoms with E-state index in [0.717, 1.165) is 25.2 Å². The third-order valence-corrected chi connectivity index (χ3v) is 5.65. The molecule has 0 unspecified atom stereocenters. The average Bonchev–Trinajstić information content (AvgIpc) is 3.31. The highest BCUT2D eigenvalue weighted by atomic mass is 16.5. The van der Waals surface area contributed by atoms with Gasteiger partial charge in [0.2, 0.25) is 11.8 Å². The number of fused-ring (bicyclic) bond motifs is 1. The van der Waals surface area contributed by atoms with Crippen molar-refractivity contribution in [2.45, 2.75) is 37.7 Å². The number of amides is 1. The fraction of sp³-hybridized carbons (Fsp3) is 0.611. The van der Waals surface area contributed by atoms with E-state index in [4.69, 9.17) is 9.15 Å². The summed E-state index contributed by atoms with van der Waals surface area (Å²) in [5, 5.41) is 8.34. The van der Waals surface area contributed by atoms with Crippen molar-refractivity contribution in [1.29, 1.82) is 0 Å². The van der Waals surface area contributed by atoms with Crippen LogP contribution in [0.25, 0.3) is 0 Å². The van der Waals surface area contributed by atoms with Gasteiger partial charge in [-0.1, -0.05) is 0 Å². The van der Waals surface area contributed by atoms with Crippen LogP contribution in [0, 0.1) is 11.8 Å². The summed E-state index contributed by atoms with van der Waals surface area (Å²) < 4.78 is 11.8. The molecule has 26 heavy (non-hydrogen) atoms. The maximum absolute atomic E-state index is 12.6. The number of aromatic nitrogens is 4. The first kappa shape index (κ1) is 15.9. The van der Waals surface area contributed by atoms with Gasteiger partial charge in [0, 0.05) is 37.3 Å². The second-order valence-corrected chi connectivity index (χ2v) is 7.44. The topological polar surface area (TPSA) is 94.2 Å². The Morgan fingerprint density at radius 3 is 2.96 bits per heavy atom. The lowest BCUT2D eigenvalue weighted by Gasteiger charge is -2.35. The number of piperidine rings is 1. The predicted molar refractivity (Wildman–Crippen MR) is 89.2 cm³/mol. The van der Waals surface area contributed by atoms with Gasteiger partial charge in [0.05, 0.1) is 25.3 Å². The summed E-state index contributed by atoms with van der Waals surface area (Å²) in [6.45, 7) is 2.09. The molecule has 3 atom stereocenters. The van der Waals surface area contributed by atoms with Crippen LogP contribution in [0.15, 0.2) is 23.0 Å². The molecule has 0 aromatic carbocycles. The van der Waals surface area contributed by atoms with Gasteiger partial charge in [-0.05, 0) is 25.2 Å². The maximum atomic E-state index is 12.6. The molecule has 2 aliphatic heterocycles. The van der Waals surface area contributed by atoms with Crippen LogP contribution in [-0.2, 0) is 11.2 Å². The zero-order valence-electron chi connectivity index (χ0n) is 14.5. The van der Waals surface area contributed by atoms with Gasteiger partial charge in [-0.15, -0.1) is 10.2 Å². The molecular weight excluding hydrogens is 334 g/mol. The van der Waals surface area contributed by atoms with Crippen LogP contribution < -0.4 is 0 Å². The molecule has 2 aromatic heterocycles. The Kier molecular flexibility index (Phi) is 3.92. The summed E-state index contributed by atoms with van der Waals surface area (Å²) in [4.78, 5) is 22.6. The Morgan fingerprint density at radius 2 is 2.15 bits per heavy atom. The van der Waals surface area contributed by atoms with Crippen LogP contribution in [0.5, 0.6) is 0 Å².